The number of aromatic nitrogens is 2. The van der Waals surface area contributed by atoms with Gasteiger partial charge in [0.25, 0.3) is 0 Å². The maximum absolute atomic E-state index is 12.4. The van der Waals surface area contributed by atoms with Gasteiger partial charge in [-0.05, 0) is 18.9 Å². The minimum absolute atomic E-state index is 0.307. The minimum Gasteiger partial charge on any atom is -0.370 e. The molecule has 4 heteroatoms. The van der Waals surface area contributed by atoms with Gasteiger partial charge in [-0.25, -0.2) is 9.07 Å². The molecule has 0 aliphatic heterocycles. The first-order valence-corrected chi connectivity index (χ1v) is 6.17. The quantitative estimate of drug-likeness (QED) is 0.850. The third-order valence-corrected chi connectivity index (χ3v) is 2.87. The zero-order chi connectivity index (χ0) is 12.8. The highest BCUT2D eigenvalue weighted by molar-refractivity contribution is 5.43. The third kappa shape index (κ3) is 3.09. The predicted molar refractivity (Wildman–Crippen MR) is 71.6 cm³/mol. The SMILES string of the molecule is Cc1cnn(CCF)c1NCCc1ccccc1. The van der Waals surface area contributed by atoms with Crippen LogP contribution in [0, 0.1) is 6.92 Å². The maximum Gasteiger partial charge on any atom is 0.127 e. The van der Waals surface area contributed by atoms with Crippen molar-refractivity contribution >= 4 is 5.82 Å². The van der Waals surface area contributed by atoms with E-state index in [0.717, 1.165) is 24.3 Å². The molecule has 1 N–H and O–H groups in total. The van der Waals surface area contributed by atoms with E-state index in [1.807, 2.05) is 25.1 Å². The van der Waals surface area contributed by atoms with Crippen LogP contribution >= 0.6 is 0 Å². The van der Waals surface area contributed by atoms with Crippen LogP contribution in [0.3, 0.4) is 0 Å². The number of aryl methyl sites for hydroxylation is 2. The van der Waals surface area contributed by atoms with E-state index in [1.165, 1.54) is 5.56 Å². The van der Waals surface area contributed by atoms with E-state index in [-0.39, 0.29) is 0 Å². The molecule has 0 saturated heterocycles. The molecule has 1 heterocycles. The molecule has 0 aliphatic rings. The van der Waals surface area contributed by atoms with E-state index in [9.17, 15) is 4.39 Å². The van der Waals surface area contributed by atoms with Gasteiger partial charge in [-0.1, -0.05) is 30.3 Å². The summed E-state index contributed by atoms with van der Waals surface area (Å²) in [5, 5.41) is 7.47. The Hall–Kier alpha value is -1.84. The molecule has 0 bridgehead atoms. The summed E-state index contributed by atoms with van der Waals surface area (Å²) in [5.41, 5.74) is 2.34. The minimum atomic E-state index is -0.394. The fourth-order valence-electron chi connectivity index (χ4n) is 1.93. The molecule has 0 spiro atoms. The zero-order valence-electron chi connectivity index (χ0n) is 10.6. The summed E-state index contributed by atoms with van der Waals surface area (Å²) in [6, 6.07) is 10.3. The predicted octanol–water partition coefficient (Wildman–Crippen LogP) is 2.82. The Morgan fingerprint density at radius 1 is 1.28 bits per heavy atom. The molecule has 0 amide bonds. The van der Waals surface area contributed by atoms with Crippen LogP contribution in [-0.4, -0.2) is 23.0 Å². The van der Waals surface area contributed by atoms with Crippen molar-refractivity contribution in [3.63, 3.8) is 0 Å². The van der Waals surface area contributed by atoms with Crippen molar-refractivity contribution in [1.82, 2.24) is 9.78 Å². The van der Waals surface area contributed by atoms with Gasteiger partial charge in [0.1, 0.15) is 12.5 Å². The fourth-order valence-corrected chi connectivity index (χ4v) is 1.93. The van der Waals surface area contributed by atoms with Crippen molar-refractivity contribution in [2.75, 3.05) is 18.5 Å². The first-order chi connectivity index (χ1) is 8.81. The standard InChI is InChI=1S/C14H18FN3/c1-12-11-17-18(10-8-15)14(12)16-9-7-13-5-3-2-4-6-13/h2-6,11,16H,7-10H2,1H3. The van der Waals surface area contributed by atoms with Crippen molar-refractivity contribution < 1.29 is 4.39 Å². The lowest BCUT2D eigenvalue weighted by Crippen LogP contribution is -2.12. The Morgan fingerprint density at radius 3 is 2.78 bits per heavy atom. The Bertz CT molecular complexity index is 479. The van der Waals surface area contributed by atoms with E-state index in [1.54, 1.807) is 10.9 Å². The number of rotatable bonds is 6. The summed E-state index contributed by atoms with van der Waals surface area (Å²) in [5.74, 6) is 0.920. The molecule has 18 heavy (non-hydrogen) atoms. The molecule has 2 aromatic rings. The molecule has 2 rings (SSSR count). The van der Waals surface area contributed by atoms with Crippen LogP contribution in [-0.2, 0) is 13.0 Å². The number of alkyl halides is 1. The van der Waals surface area contributed by atoms with E-state index >= 15 is 0 Å². The number of halogens is 1. The van der Waals surface area contributed by atoms with Crippen molar-refractivity contribution in [2.24, 2.45) is 0 Å². The smallest absolute Gasteiger partial charge is 0.127 e. The van der Waals surface area contributed by atoms with E-state index < -0.39 is 6.67 Å². The molecule has 0 unspecified atom stereocenters. The fraction of sp³-hybridized carbons (Fsp3) is 0.357. The number of hydrogen-bond acceptors (Lipinski definition) is 2. The third-order valence-electron chi connectivity index (χ3n) is 2.87. The summed E-state index contributed by atoms with van der Waals surface area (Å²) in [6.07, 6.45) is 2.71. The van der Waals surface area contributed by atoms with E-state index in [2.05, 4.69) is 22.5 Å². The largest absolute Gasteiger partial charge is 0.370 e. The van der Waals surface area contributed by atoms with Gasteiger partial charge in [0, 0.05) is 12.1 Å². The lowest BCUT2D eigenvalue weighted by molar-refractivity contribution is 0.429. The second-order valence-corrected chi connectivity index (χ2v) is 4.25. The number of nitrogens with zero attached hydrogens (tertiary/aromatic N) is 2. The van der Waals surface area contributed by atoms with E-state index in [4.69, 9.17) is 0 Å². The van der Waals surface area contributed by atoms with Gasteiger partial charge in [-0.2, -0.15) is 5.10 Å². The highest BCUT2D eigenvalue weighted by Gasteiger charge is 2.06. The van der Waals surface area contributed by atoms with Gasteiger partial charge >= 0.3 is 0 Å². The number of hydrogen-bond donors (Lipinski definition) is 1. The van der Waals surface area contributed by atoms with Crippen molar-refractivity contribution in [3.8, 4) is 0 Å². The van der Waals surface area contributed by atoms with E-state index in [0.29, 0.717) is 6.54 Å². The van der Waals surface area contributed by atoms with Crippen LogP contribution < -0.4 is 5.32 Å². The van der Waals surface area contributed by atoms with Crippen molar-refractivity contribution in [2.45, 2.75) is 19.9 Å². The average Bonchev–Trinajstić information content (AvgIpc) is 2.73. The summed E-state index contributed by atoms with van der Waals surface area (Å²) in [4.78, 5) is 0. The summed E-state index contributed by atoms with van der Waals surface area (Å²) in [6.45, 7) is 2.71. The van der Waals surface area contributed by atoms with Crippen LogP contribution in [0.1, 0.15) is 11.1 Å². The van der Waals surface area contributed by atoms with Gasteiger partial charge in [0.05, 0.1) is 12.7 Å². The number of nitrogens with one attached hydrogen (secondary N) is 1. The summed E-state index contributed by atoms with van der Waals surface area (Å²) >= 11 is 0. The van der Waals surface area contributed by atoms with Gasteiger partial charge in [-0.3, -0.25) is 0 Å². The Labute approximate surface area is 107 Å². The first-order valence-electron chi connectivity index (χ1n) is 6.17. The average molecular weight is 247 g/mol. The topological polar surface area (TPSA) is 29.9 Å². The second kappa shape index (κ2) is 6.19. The second-order valence-electron chi connectivity index (χ2n) is 4.25. The Balaban J connectivity index is 1.92. The van der Waals surface area contributed by atoms with Crippen LogP contribution in [0.2, 0.25) is 0 Å². The van der Waals surface area contributed by atoms with Gasteiger partial charge in [0.2, 0.25) is 0 Å². The monoisotopic (exact) mass is 247 g/mol. The lowest BCUT2D eigenvalue weighted by atomic mass is 10.1. The van der Waals surface area contributed by atoms with Crippen molar-refractivity contribution in [1.29, 1.82) is 0 Å². The maximum atomic E-state index is 12.4. The van der Waals surface area contributed by atoms with Crippen molar-refractivity contribution in [3.05, 3.63) is 47.7 Å². The molecule has 0 aliphatic carbocycles. The molecule has 1 aromatic heterocycles. The molecule has 0 saturated carbocycles. The van der Waals surface area contributed by atoms with Gasteiger partial charge in [0.15, 0.2) is 0 Å². The molecule has 0 fully saturated rings. The number of benzene rings is 1. The van der Waals surface area contributed by atoms with Crippen LogP contribution in [0.5, 0.6) is 0 Å². The molecule has 0 atom stereocenters. The molecule has 0 radical (unpaired) electrons. The molecular formula is C14H18FN3. The highest BCUT2D eigenvalue weighted by atomic mass is 19.1. The zero-order valence-corrected chi connectivity index (χ0v) is 10.6. The lowest BCUT2D eigenvalue weighted by Gasteiger charge is -2.10. The van der Waals surface area contributed by atoms with Gasteiger partial charge < -0.3 is 5.32 Å². The summed E-state index contributed by atoms with van der Waals surface area (Å²) in [7, 11) is 0. The van der Waals surface area contributed by atoms with Crippen LogP contribution in [0.15, 0.2) is 36.5 Å². The normalized spacial score (nSPS) is 10.6. The number of anilines is 1. The van der Waals surface area contributed by atoms with Gasteiger partial charge in [-0.15, -0.1) is 0 Å². The first kappa shape index (κ1) is 12.6. The molecule has 96 valence electrons. The highest BCUT2D eigenvalue weighted by Crippen LogP contribution is 2.13. The van der Waals surface area contributed by atoms with Crippen LogP contribution in [0.4, 0.5) is 10.2 Å². The summed E-state index contributed by atoms with van der Waals surface area (Å²) < 4.78 is 14.0. The van der Waals surface area contributed by atoms with Crippen LogP contribution in [0.25, 0.3) is 0 Å². The molecular weight excluding hydrogens is 229 g/mol. The Morgan fingerprint density at radius 2 is 2.06 bits per heavy atom. The molecule has 1 aromatic carbocycles. The Kier molecular flexibility index (Phi) is 4.34. The molecule has 3 nitrogen and oxygen atoms in total.